The number of nitrogens with zero attached hydrogens (tertiary/aromatic N) is 3. The van der Waals surface area contributed by atoms with Crippen LogP contribution in [0.15, 0.2) is 48.8 Å². The zero-order valence-corrected chi connectivity index (χ0v) is 14.2. The van der Waals surface area contributed by atoms with Crippen LogP contribution in [0, 0.1) is 0 Å². The molecule has 0 aromatic carbocycles. The Kier molecular flexibility index (Phi) is 4.70. The highest BCUT2D eigenvalue weighted by Crippen LogP contribution is 2.26. The van der Waals surface area contributed by atoms with Crippen molar-refractivity contribution in [2.45, 2.75) is 18.8 Å². The topological polar surface area (TPSA) is 89.0 Å². The molecule has 2 amide bonds. The summed E-state index contributed by atoms with van der Waals surface area (Å²) >= 11 is 0. The smallest absolute Gasteiger partial charge is 0.324 e. The summed E-state index contributed by atoms with van der Waals surface area (Å²) in [5.74, 6) is 0.903. The Morgan fingerprint density at radius 2 is 1.88 bits per heavy atom. The molecule has 0 saturated carbocycles. The average molecular weight is 349 g/mol. The number of fused-ring (bicyclic) bond motifs is 1. The maximum atomic E-state index is 12.4. The van der Waals surface area contributed by atoms with Gasteiger partial charge in [-0.25, -0.2) is 9.78 Å². The van der Waals surface area contributed by atoms with Crippen molar-refractivity contribution in [3.8, 4) is 0 Å². The fourth-order valence-electron chi connectivity index (χ4n) is 3.09. The maximum absolute atomic E-state index is 12.4. The predicted molar refractivity (Wildman–Crippen MR) is 99.2 cm³/mol. The van der Waals surface area contributed by atoms with Gasteiger partial charge in [0.25, 0.3) is 0 Å². The van der Waals surface area contributed by atoms with Crippen LogP contribution in [0.1, 0.15) is 24.5 Å². The molecule has 0 bridgehead atoms. The van der Waals surface area contributed by atoms with Crippen molar-refractivity contribution in [3.63, 3.8) is 0 Å². The second-order valence-electron chi connectivity index (χ2n) is 6.14. The van der Waals surface area contributed by atoms with E-state index in [1.54, 1.807) is 24.5 Å². The highest BCUT2D eigenvalue weighted by atomic mass is 16.5. The summed E-state index contributed by atoms with van der Waals surface area (Å²) in [5, 5.41) is 5.61. The lowest BCUT2D eigenvalue weighted by Crippen LogP contribution is -2.21. The van der Waals surface area contributed by atoms with Crippen molar-refractivity contribution in [2.24, 2.45) is 0 Å². The molecule has 3 aromatic rings. The summed E-state index contributed by atoms with van der Waals surface area (Å²) in [6.45, 7) is 1.51. The van der Waals surface area contributed by atoms with Gasteiger partial charge < -0.3 is 10.1 Å². The van der Waals surface area contributed by atoms with E-state index in [0.29, 0.717) is 22.9 Å². The maximum Gasteiger partial charge on any atom is 0.324 e. The fourth-order valence-corrected chi connectivity index (χ4v) is 3.09. The molecule has 0 radical (unpaired) electrons. The van der Waals surface area contributed by atoms with Crippen LogP contribution in [-0.4, -0.2) is 34.2 Å². The third kappa shape index (κ3) is 3.62. The minimum absolute atomic E-state index is 0.361. The standard InChI is InChI=1S/C19H19N5O2/c25-19(23-16-6-10-20-15-4-2-9-21-18(15)16)24-17-5-1-3-14(22-17)13-7-11-26-12-8-13/h1-6,9-10,13H,7-8,11-12H2,(H2,20,22,23,24,25). The third-order valence-electron chi connectivity index (χ3n) is 4.40. The number of anilines is 2. The summed E-state index contributed by atoms with van der Waals surface area (Å²) in [4.78, 5) is 25.5. The van der Waals surface area contributed by atoms with Crippen molar-refractivity contribution in [3.05, 3.63) is 54.5 Å². The van der Waals surface area contributed by atoms with E-state index in [1.165, 1.54) is 0 Å². The van der Waals surface area contributed by atoms with E-state index in [4.69, 9.17) is 4.74 Å². The van der Waals surface area contributed by atoms with Crippen molar-refractivity contribution in [1.29, 1.82) is 0 Å². The van der Waals surface area contributed by atoms with E-state index in [-0.39, 0.29) is 6.03 Å². The minimum atomic E-state index is -0.361. The lowest BCUT2D eigenvalue weighted by molar-refractivity contribution is 0.0845. The van der Waals surface area contributed by atoms with Crippen LogP contribution in [0.2, 0.25) is 0 Å². The predicted octanol–water partition coefficient (Wildman–Crippen LogP) is 3.56. The molecule has 2 N–H and O–H groups in total. The Morgan fingerprint density at radius 1 is 1.00 bits per heavy atom. The number of hydrogen-bond donors (Lipinski definition) is 2. The van der Waals surface area contributed by atoms with Gasteiger partial charge in [-0.05, 0) is 43.2 Å². The molecule has 1 saturated heterocycles. The molecule has 1 fully saturated rings. The first-order valence-electron chi connectivity index (χ1n) is 8.62. The first-order valence-corrected chi connectivity index (χ1v) is 8.62. The van der Waals surface area contributed by atoms with Crippen LogP contribution in [0.5, 0.6) is 0 Å². The van der Waals surface area contributed by atoms with Gasteiger partial charge >= 0.3 is 6.03 Å². The molecule has 0 unspecified atom stereocenters. The van der Waals surface area contributed by atoms with Gasteiger partial charge in [0.05, 0.1) is 11.2 Å². The molecule has 1 aliphatic heterocycles. The third-order valence-corrected chi connectivity index (χ3v) is 4.40. The number of nitrogens with one attached hydrogen (secondary N) is 2. The summed E-state index contributed by atoms with van der Waals surface area (Å²) < 4.78 is 5.40. The zero-order valence-electron chi connectivity index (χ0n) is 14.2. The van der Waals surface area contributed by atoms with E-state index in [1.807, 2.05) is 24.3 Å². The van der Waals surface area contributed by atoms with E-state index in [0.717, 1.165) is 37.3 Å². The van der Waals surface area contributed by atoms with Gasteiger partial charge in [-0.2, -0.15) is 0 Å². The molecule has 7 nitrogen and oxygen atoms in total. The molecule has 3 aromatic heterocycles. The normalized spacial score (nSPS) is 14.9. The van der Waals surface area contributed by atoms with Gasteiger partial charge in [-0.1, -0.05) is 6.07 Å². The van der Waals surface area contributed by atoms with Gasteiger partial charge in [0, 0.05) is 37.2 Å². The van der Waals surface area contributed by atoms with Crippen LogP contribution < -0.4 is 10.6 Å². The Balaban J connectivity index is 1.48. The quantitative estimate of drug-likeness (QED) is 0.755. The Hall–Kier alpha value is -3.06. The first kappa shape index (κ1) is 16.4. The number of hydrogen-bond acceptors (Lipinski definition) is 5. The van der Waals surface area contributed by atoms with E-state index in [2.05, 4.69) is 25.6 Å². The molecular weight excluding hydrogens is 330 g/mol. The van der Waals surface area contributed by atoms with Crippen LogP contribution >= 0.6 is 0 Å². The fraction of sp³-hybridized carbons (Fsp3) is 0.263. The molecule has 26 heavy (non-hydrogen) atoms. The summed E-state index contributed by atoms with van der Waals surface area (Å²) in [5.41, 5.74) is 2.97. The largest absolute Gasteiger partial charge is 0.381 e. The molecular formula is C19H19N5O2. The van der Waals surface area contributed by atoms with Crippen molar-refractivity contribution in [1.82, 2.24) is 15.0 Å². The molecule has 0 spiro atoms. The van der Waals surface area contributed by atoms with E-state index in [9.17, 15) is 4.79 Å². The molecule has 0 atom stereocenters. The second kappa shape index (κ2) is 7.45. The Labute approximate surface area is 150 Å². The van der Waals surface area contributed by atoms with Gasteiger partial charge in [-0.3, -0.25) is 15.3 Å². The van der Waals surface area contributed by atoms with Crippen LogP contribution in [0.3, 0.4) is 0 Å². The molecule has 0 aliphatic carbocycles. The van der Waals surface area contributed by atoms with Crippen molar-refractivity contribution in [2.75, 3.05) is 23.8 Å². The molecule has 1 aliphatic rings. The summed E-state index contributed by atoms with van der Waals surface area (Å²) in [7, 11) is 0. The number of aromatic nitrogens is 3. The first-order chi connectivity index (χ1) is 12.8. The van der Waals surface area contributed by atoms with Crippen LogP contribution in [0.4, 0.5) is 16.3 Å². The number of amides is 2. The molecule has 4 heterocycles. The average Bonchev–Trinajstić information content (AvgIpc) is 2.69. The number of carbonyl (C=O) groups is 1. The molecule has 7 heteroatoms. The summed E-state index contributed by atoms with van der Waals surface area (Å²) in [6, 6.07) is 10.7. The SMILES string of the molecule is O=C(Nc1cccc(C2CCOCC2)n1)Nc1ccnc2cccnc12. The highest BCUT2D eigenvalue weighted by Gasteiger charge is 2.17. The number of urea groups is 1. The molecule has 4 rings (SSSR count). The Bertz CT molecular complexity index is 919. The van der Waals surface area contributed by atoms with Crippen molar-refractivity contribution < 1.29 is 9.53 Å². The van der Waals surface area contributed by atoms with Gasteiger partial charge in [0.2, 0.25) is 0 Å². The van der Waals surface area contributed by atoms with Crippen LogP contribution in [0.25, 0.3) is 11.0 Å². The lowest BCUT2D eigenvalue weighted by Gasteiger charge is -2.21. The highest BCUT2D eigenvalue weighted by molar-refractivity contribution is 6.03. The minimum Gasteiger partial charge on any atom is -0.381 e. The lowest BCUT2D eigenvalue weighted by atomic mass is 9.96. The molecule has 132 valence electrons. The zero-order chi connectivity index (χ0) is 17.8. The van der Waals surface area contributed by atoms with E-state index < -0.39 is 0 Å². The monoisotopic (exact) mass is 349 g/mol. The number of carbonyl (C=O) groups excluding carboxylic acids is 1. The van der Waals surface area contributed by atoms with Gasteiger partial charge in [0.1, 0.15) is 11.3 Å². The number of ether oxygens (including phenoxy) is 1. The Morgan fingerprint density at radius 3 is 2.77 bits per heavy atom. The van der Waals surface area contributed by atoms with Crippen molar-refractivity contribution >= 4 is 28.6 Å². The van der Waals surface area contributed by atoms with Gasteiger partial charge in [0.15, 0.2) is 0 Å². The van der Waals surface area contributed by atoms with Crippen LogP contribution in [-0.2, 0) is 4.74 Å². The number of pyridine rings is 3. The summed E-state index contributed by atoms with van der Waals surface area (Å²) in [6.07, 6.45) is 5.23. The van der Waals surface area contributed by atoms with E-state index >= 15 is 0 Å². The van der Waals surface area contributed by atoms with Gasteiger partial charge in [-0.15, -0.1) is 0 Å². The second-order valence-corrected chi connectivity index (χ2v) is 6.14. The number of rotatable bonds is 3.